The molecule has 0 aliphatic heterocycles. The maximum Gasteiger partial charge on any atom is 0.433 e. The largest absolute Gasteiger partial charge is 0.465 e. The van der Waals surface area contributed by atoms with Crippen molar-refractivity contribution in [2.75, 3.05) is 13.2 Å². The fourth-order valence-corrected chi connectivity index (χ4v) is 1.17. The lowest BCUT2D eigenvalue weighted by atomic mass is 10.3. The Balaban J connectivity index is 2.70. The molecule has 0 aliphatic rings. The number of hydrogen-bond donors (Lipinski definition) is 1. The minimum Gasteiger partial charge on any atom is -0.465 e. The number of nitrogens with one attached hydrogen (secondary N) is 1. The summed E-state index contributed by atoms with van der Waals surface area (Å²) >= 11 is 0. The lowest BCUT2D eigenvalue weighted by Gasteiger charge is -2.08. The molecule has 0 radical (unpaired) electrons. The summed E-state index contributed by atoms with van der Waals surface area (Å²) < 4.78 is 41.7. The molecule has 0 atom stereocenters. The fraction of sp³-hybridized carbons (Fsp3) is 0.364. The second-order valence-electron chi connectivity index (χ2n) is 3.39. The highest BCUT2D eigenvalue weighted by Crippen LogP contribution is 2.27. The zero-order valence-electron chi connectivity index (χ0n) is 9.95. The van der Waals surface area contributed by atoms with Crippen molar-refractivity contribution in [2.24, 2.45) is 0 Å². The molecule has 0 aliphatic carbocycles. The molecule has 1 rings (SSSR count). The second-order valence-corrected chi connectivity index (χ2v) is 3.39. The van der Waals surface area contributed by atoms with Gasteiger partial charge in [-0.05, 0) is 19.1 Å². The number of carbonyl (C=O) groups excluding carboxylic acids is 2. The number of carbonyl (C=O) groups is 2. The van der Waals surface area contributed by atoms with Crippen LogP contribution in [-0.2, 0) is 15.7 Å². The van der Waals surface area contributed by atoms with Gasteiger partial charge in [-0.1, -0.05) is 6.07 Å². The molecular formula is C11H11F3N2O3. The Bertz CT molecular complexity index is 474. The first-order valence-corrected chi connectivity index (χ1v) is 5.32. The number of ether oxygens (including phenoxy) is 1. The van der Waals surface area contributed by atoms with Crippen LogP contribution in [0.4, 0.5) is 13.2 Å². The highest BCUT2D eigenvalue weighted by molar-refractivity contribution is 5.94. The zero-order valence-corrected chi connectivity index (χ0v) is 9.95. The summed E-state index contributed by atoms with van der Waals surface area (Å²) in [5.74, 6) is -1.55. The first kappa shape index (κ1) is 14.9. The van der Waals surface area contributed by atoms with Gasteiger partial charge in [-0.3, -0.25) is 9.59 Å². The monoisotopic (exact) mass is 276 g/mol. The second kappa shape index (κ2) is 6.17. The van der Waals surface area contributed by atoms with Gasteiger partial charge in [-0.2, -0.15) is 13.2 Å². The molecule has 1 aromatic heterocycles. The van der Waals surface area contributed by atoms with Crippen LogP contribution in [-0.4, -0.2) is 30.0 Å². The maximum atomic E-state index is 12.4. The van der Waals surface area contributed by atoms with Gasteiger partial charge >= 0.3 is 12.1 Å². The van der Waals surface area contributed by atoms with Crippen molar-refractivity contribution < 1.29 is 27.5 Å². The lowest BCUT2D eigenvalue weighted by Crippen LogP contribution is -2.31. The predicted molar refractivity (Wildman–Crippen MR) is 58.2 cm³/mol. The Morgan fingerprint density at radius 1 is 1.37 bits per heavy atom. The molecule has 0 fully saturated rings. The van der Waals surface area contributed by atoms with E-state index in [1.165, 1.54) is 0 Å². The van der Waals surface area contributed by atoms with Crippen molar-refractivity contribution in [3.63, 3.8) is 0 Å². The van der Waals surface area contributed by atoms with E-state index >= 15 is 0 Å². The molecule has 1 N–H and O–H groups in total. The lowest BCUT2D eigenvalue weighted by molar-refractivity contribution is -0.142. The van der Waals surface area contributed by atoms with E-state index in [1.807, 2.05) is 0 Å². The van der Waals surface area contributed by atoms with Gasteiger partial charge in [-0.15, -0.1) is 0 Å². The van der Waals surface area contributed by atoms with Crippen molar-refractivity contribution in [1.29, 1.82) is 0 Å². The Labute approximate surface area is 106 Å². The fourth-order valence-electron chi connectivity index (χ4n) is 1.17. The summed E-state index contributed by atoms with van der Waals surface area (Å²) in [6, 6.07) is 2.94. The van der Waals surface area contributed by atoms with Crippen LogP contribution in [0, 0.1) is 0 Å². The van der Waals surface area contributed by atoms with E-state index in [-0.39, 0.29) is 6.61 Å². The molecule has 1 amide bonds. The van der Waals surface area contributed by atoms with E-state index in [1.54, 1.807) is 6.92 Å². The summed E-state index contributed by atoms with van der Waals surface area (Å²) in [6.45, 7) is 1.31. The third-order valence-corrected chi connectivity index (χ3v) is 1.97. The van der Waals surface area contributed by atoms with Crippen LogP contribution in [0.5, 0.6) is 0 Å². The van der Waals surface area contributed by atoms with Gasteiger partial charge in [0.2, 0.25) is 0 Å². The topological polar surface area (TPSA) is 68.3 Å². The number of hydrogen-bond acceptors (Lipinski definition) is 4. The van der Waals surface area contributed by atoms with E-state index in [4.69, 9.17) is 0 Å². The molecule has 1 heterocycles. The van der Waals surface area contributed by atoms with Crippen molar-refractivity contribution >= 4 is 11.9 Å². The number of halogens is 3. The normalized spacial score (nSPS) is 10.9. The van der Waals surface area contributed by atoms with E-state index < -0.39 is 36.0 Å². The van der Waals surface area contributed by atoms with E-state index in [0.29, 0.717) is 0 Å². The quantitative estimate of drug-likeness (QED) is 0.844. The number of nitrogens with zero attached hydrogens (tertiary/aromatic N) is 1. The van der Waals surface area contributed by atoms with Gasteiger partial charge in [0.1, 0.15) is 17.9 Å². The van der Waals surface area contributed by atoms with Crippen LogP contribution in [0.2, 0.25) is 0 Å². The van der Waals surface area contributed by atoms with Crippen molar-refractivity contribution in [3.05, 3.63) is 29.6 Å². The first-order valence-electron chi connectivity index (χ1n) is 5.32. The molecule has 5 nitrogen and oxygen atoms in total. The molecule has 0 bridgehead atoms. The van der Waals surface area contributed by atoms with Crippen LogP contribution in [0.15, 0.2) is 18.2 Å². The number of alkyl halides is 3. The first-order chi connectivity index (χ1) is 8.84. The van der Waals surface area contributed by atoms with Crippen molar-refractivity contribution in [1.82, 2.24) is 10.3 Å². The number of amides is 1. The standard InChI is InChI=1S/C11H11F3N2O3/c1-2-19-9(17)6-15-10(18)7-4-3-5-8(16-7)11(12,13)14/h3-5H,2,6H2,1H3,(H,15,18). The van der Waals surface area contributed by atoms with Gasteiger partial charge in [0.05, 0.1) is 6.61 Å². The van der Waals surface area contributed by atoms with Crippen LogP contribution in [0.25, 0.3) is 0 Å². The number of rotatable bonds is 4. The molecule has 8 heteroatoms. The van der Waals surface area contributed by atoms with Crippen LogP contribution in [0.1, 0.15) is 23.1 Å². The smallest absolute Gasteiger partial charge is 0.433 e. The van der Waals surface area contributed by atoms with Crippen molar-refractivity contribution in [2.45, 2.75) is 13.1 Å². The summed E-state index contributed by atoms with van der Waals surface area (Å²) in [5.41, 5.74) is -1.59. The molecule has 0 aromatic carbocycles. The molecule has 0 unspecified atom stereocenters. The summed E-state index contributed by atoms with van der Waals surface area (Å²) in [5, 5.41) is 2.12. The molecule has 0 saturated heterocycles. The minimum absolute atomic E-state index is 0.149. The van der Waals surface area contributed by atoms with Gasteiger partial charge in [-0.25, -0.2) is 4.98 Å². The van der Waals surface area contributed by atoms with Gasteiger partial charge in [0, 0.05) is 0 Å². The van der Waals surface area contributed by atoms with Gasteiger partial charge in [0.25, 0.3) is 5.91 Å². The minimum atomic E-state index is -4.63. The Kier molecular flexibility index (Phi) is 4.85. The van der Waals surface area contributed by atoms with Gasteiger partial charge < -0.3 is 10.1 Å². The van der Waals surface area contributed by atoms with Crippen LogP contribution in [0.3, 0.4) is 0 Å². The van der Waals surface area contributed by atoms with E-state index in [9.17, 15) is 22.8 Å². The van der Waals surface area contributed by atoms with Crippen molar-refractivity contribution in [3.8, 4) is 0 Å². The average Bonchev–Trinajstić information content (AvgIpc) is 2.35. The number of aromatic nitrogens is 1. The third kappa shape index (κ3) is 4.57. The molecule has 0 spiro atoms. The Hall–Kier alpha value is -2.12. The highest BCUT2D eigenvalue weighted by atomic mass is 19.4. The third-order valence-electron chi connectivity index (χ3n) is 1.97. The number of esters is 1. The average molecular weight is 276 g/mol. The van der Waals surface area contributed by atoms with E-state index in [2.05, 4.69) is 15.0 Å². The molecule has 0 saturated carbocycles. The van der Waals surface area contributed by atoms with Crippen LogP contribution < -0.4 is 5.32 Å². The summed E-state index contributed by atoms with van der Waals surface area (Å²) in [7, 11) is 0. The molecule has 104 valence electrons. The highest BCUT2D eigenvalue weighted by Gasteiger charge is 2.32. The summed E-state index contributed by atoms with van der Waals surface area (Å²) in [6.07, 6.45) is -4.63. The zero-order chi connectivity index (χ0) is 14.5. The maximum absolute atomic E-state index is 12.4. The Morgan fingerprint density at radius 2 is 2.05 bits per heavy atom. The SMILES string of the molecule is CCOC(=O)CNC(=O)c1cccc(C(F)(F)F)n1. The molecule has 19 heavy (non-hydrogen) atoms. The van der Waals surface area contributed by atoms with Gasteiger partial charge in [0.15, 0.2) is 0 Å². The number of pyridine rings is 1. The Morgan fingerprint density at radius 3 is 2.63 bits per heavy atom. The van der Waals surface area contributed by atoms with Crippen LogP contribution >= 0.6 is 0 Å². The predicted octanol–water partition coefficient (Wildman–Crippen LogP) is 1.39. The molecular weight excluding hydrogens is 265 g/mol. The van der Waals surface area contributed by atoms with E-state index in [0.717, 1.165) is 18.2 Å². The summed E-state index contributed by atoms with van der Waals surface area (Å²) in [4.78, 5) is 25.6. The molecule has 1 aromatic rings.